The fraction of sp³-hybridized carbons (Fsp3) is 0.308. The van der Waals surface area contributed by atoms with Crippen LogP contribution in [0.2, 0.25) is 5.02 Å². The van der Waals surface area contributed by atoms with Gasteiger partial charge in [0.2, 0.25) is 0 Å². The van der Waals surface area contributed by atoms with E-state index in [0.717, 1.165) is 5.56 Å². The third kappa shape index (κ3) is 2.94. The molecular weight excluding hydrogens is 240 g/mol. The Morgan fingerprint density at radius 1 is 1.41 bits per heavy atom. The number of ketones is 1. The molecule has 1 aromatic carbocycles. The van der Waals surface area contributed by atoms with Crippen LogP contribution in [0.25, 0.3) is 6.08 Å². The van der Waals surface area contributed by atoms with E-state index in [9.17, 15) is 4.79 Å². The van der Waals surface area contributed by atoms with E-state index in [2.05, 4.69) is 0 Å². The number of Topliss-reactive ketones (excluding diaryl/α,β-unsaturated/α-hetero) is 1. The average Bonchev–Trinajstić information content (AvgIpc) is 2.22. The number of carbonyl (C=O) groups is 1. The van der Waals surface area contributed by atoms with Crippen LogP contribution in [-0.2, 0) is 14.3 Å². The standard InChI is InChI=1S/C13H13ClO3/c1-8(15)12(13-16-9(2)17-13)7-10-4-3-5-11(14)6-10/h3-7,9,13H,1-2H3/b12-7-. The Balaban J connectivity index is 2.24. The normalized spacial score (nSPS) is 24.3. The van der Waals surface area contributed by atoms with Crippen LogP contribution >= 0.6 is 11.6 Å². The fourth-order valence-electron chi connectivity index (χ4n) is 1.62. The van der Waals surface area contributed by atoms with Gasteiger partial charge in [-0.25, -0.2) is 0 Å². The lowest BCUT2D eigenvalue weighted by Crippen LogP contribution is -2.41. The van der Waals surface area contributed by atoms with Crippen LogP contribution in [0.5, 0.6) is 0 Å². The Morgan fingerprint density at radius 3 is 2.65 bits per heavy atom. The van der Waals surface area contributed by atoms with E-state index in [0.29, 0.717) is 10.6 Å². The van der Waals surface area contributed by atoms with E-state index in [4.69, 9.17) is 21.1 Å². The Morgan fingerprint density at radius 2 is 2.12 bits per heavy atom. The maximum Gasteiger partial charge on any atom is 0.193 e. The molecule has 0 atom stereocenters. The molecule has 3 nitrogen and oxygen atoms in total. The molecule has 1 fully saturated rings. The SMILES string of the molecule is CC(=O)/C(=C/c1cccc(Cl)c1)C1OC(C)O1. The highest BCUT2D eigenvalue weighted by atomic mass is 35.5. The Labute approximate surface area is 105 Å². The minimum Gasteiger partial charge on any atom is -0.319 e. The van der Waals surface area contributed by atoms with E-state index in [1.165, 1.54) is 6.92 Å². The lowest BCUT2D eigenvalue weighted by Gasteiger charge is -2.34. The first-order valence-electron chi connectivity index (χ1n) is 5.35. The predicted octanol–water partition coefficient (Wildman–Crippen LogP) is 3.03. The van der Waals surface area contributed by atoms with E-state index in [1.807, 2.05) is 12.1 Å². The summed E-state index contributed by atoms with van der Waals surface area (Å²) in [7, 11) is 0. The lowest BCUT2D eigenvalue weighted by molar-refractivity contribution is -0.357. The Bertz CT molecular complexity index is 461. The molecule has 17 heavy (non-hydrogen) atoms. The van der Waals surface area contributed by atoms with Crippen LogP contribution in [0.3, 0.4) is 0 Å². The van der Waals surface area contributed by atoms with Crippen molar-refractivity contribution in [2.75, 3.05) is 0 Å². The number of halogens is 1. The average molecular weight is 253 g/mol. The summed E-state index contributed by atoms with van der Waals surface area (Å²) in [6.07, 6.45) is 0.939. The van der Waals surface area contributed by atoms with Crippen molar-refractivity contribution in [2.45, 2.75) is 26.4 Å². The van der Waals surface area contributed by atoms with Crippen molar-refractivity contribution in [2.24, 2.45) is 0 Å². The first kappa shape index (κ1) is 12.3. The van der Waals surface area contributed by atoms with Gasteiger partial charge in [-0.05, 0) is 37.6 Å². The number of hydrogen-bond acceptors (Lipinski definition) is 3. The number of hydrogen-bond donors (Lipinski definition) is 0. The molecule has 0 N–H and O–H groups in total. The zero-order valence-electron chi connectivity index (χ0n) is 9.64. The predicted molar refractivity (Wildman–Crippen MR) is 65.5 cm³/mol. The van der Waals surface area contributed by atoms with Gasteiger partial charge in [0.1, 0.15) is 0 Å². The van der Waals surface area contributed by atoms with Crippen molar-refractivity contribution in [1.29, 1.82) is 0 Å². The molecule has 1 aromatic rings. The van der Waals surface area contributed by atoms with Crippen LogP contribution in [0.15, 0.2) is 29.8 Å². The molecule has 0 aromatic heterocycles. The maximum atomic E-state index is 11.5. The van der Waals surface area contributed by atoms with Gasteiger partial charge >= 0.3 is 0 Å². The van der Waals surface area contributed by atoms with E-state index < -0.39 is 6.29 Å². The van der Waals surface area contributed by atoms with Gasteiger partial charge in [-0.15, -0.1) is 0 Å². The van der Waals surface area contributed by atoms with Crippen molar-refractivity contribution in [3.63, 3.8) is 0 Å². The number of carbonyl (C=O) groups excluding carboxylic acids is 1. The molecule has 1 aliphatic heterocycles. The van der Waals surface area contributed by atoms with Crippen molar-refractivity contribution in [3.8, 4) is 0 Å². The summed E-state index contributed by atoms with van der Waals surface area (Å²) >= 11 is 5.88. The topological polar surface area (TPSA) is 35.5 Å². The Hall–Kier alpha value is -1.16. The molecule has 1 saturated heterocycles. The summed E-state index contributed by atoms with van der Waals surface area (Å²) in [5.74, 6) is -0.0677. The maximum absolute atomic E-state index is 11.5. The highest BCUT2D eigenvalue weighted by molar-refractivity contribution is 6.30. The third-order valence-corrected chi connectivity index (χ3v) is 2.70. The zero-order valence-corrected chi connectivity index (χ0v) is 10.4. The van der Waals surface area contributed by atoms with Crippen molar-refractivity contribution < 1.29 is 14.3 Å². The molecule has 4 heteroatoms. The first-order chi connectivity index (χ1) is 8.06. The fourth-order valence-corrected chi connectivity index (χ4v) is 1.82. The number of ether oxygens (including phenoxy) is 2. The number of benzene rings is 1. The van der Waals surface area contributed by atoms with Gasteiger partial charge in [0.25, 0.3) is 0 Å². The summed E-state index contributed by atoms with van der Waals surface area (Å²) < 4.78 is 10.6. The van der Waals surface area contributed by atoms with Gasteiger partial charge < -0.3 is 9.47 Å². The van der Waals surface area contributed by atoms with Crippen LogP contribution in [0, 0.1) is 0 Å². The number of rotatable bonds is 3. The van der Waals surface area contributed by atoms with Gasteiger partial charge in [-0.1, -0.05) is 23.7 Å². The molecule has 0 saturated carbocycles. The van der Waals surface area contributed by atoms with Gasteiger partial charge in [-0.2, -0.15) is 0 Å². The molecular formula is C13H13ClO3. The van der Waals surface area contributed by atoms with Gasteiger partial charge in [0, 0.05) is 5.02 Å². The van der Waals surface area contributed by atoms with Crippen LogP contribution in [0.4, 0.5) is 0 Å². The zero-order chi connectivity index (χ0) is 12.4. The molecule has 90 valence electrons. The second-order valence-electron chi connectivity index (χ2n) is 3.88. The smallest absolute Gasteiger partial charge is 0.193 e. The van der Waals surface area contributed by atoms with E-state index >= 15 is 0 Å². The van der Waals surface area contributed by atoms with E-state index in [-0.39, 0.29) is 12.1 Å². The highest BCUT2D eigenvalue weighted by Crippen LogP contribution is 2.25. The third-order valence-electron chi connectivity index (χ3n) is 2.46. The summed E-state index contributed by atoms with van der Waals surface area (Å²) in [6, 6.07) is 7.27. The molecule has 1 heterocycles. The van der Waals surface area contributed by atoms with Crippen LogP contribution in [-0.4, -0.2) is 18.4 Å². The summed E-state index contributed by atoms with van der Waals surface area (Å²) in [6.45, 7) is 3.28. The second kappa shape index (κ2) is 5.00. The molecule has 0 unspecified atom stereocenters. The van der Waals surface area contributed by atoms with Crippen LogP contribution < -0.4 is 0 Å². The van der Waals surface area contributed by atoms with Gasteiger partial charge in [0.05, 0.1) is 5.57 Å². The van der Waals surface area contributed by atoms with E-state index in [1.54, 1.807) is 25.1 Å². The molecule has 0 amide bonds. The highest BCUT2D eigenvalue weighted by Gasteiger charge is 2.32. The summed E-state index contributed by atoms with van der Waals surface area (Å²) in [5, 5.41) is 0.630. The molecule has 1 aliphatic rings. The van der Waals surface area contributed by atoms with Gasteiger partial charge in [-0.3, -0.25) is 4.79 Å². The Kier molecular flexibility index (Phi) is 3.62. The minimum absolute atomic E-state index is 0.0677. The molecule has 0 spiro atoms. The van der Waals surface area contributed by atoms with Crippen molar-refractivity contribution in [3.05, 3.63) is 40.4 Å². The molecule has 2 rings (SSSR count). The monoisotopic (exact) mass is 252 g/mol. The lowest BCUT2D eigenvalue weighted by atomic mass is 10.1. The van der Waals surface area contributed by atoms with Gasteiger partial charge in [0.15, 0.2) is 18.4 Å². The second-order valence-corrected chi connectivity index (χ2v) is 4.32. The quantitative estimate of drug-likeness (QED) is 0.776. The van der Waals surface area contributed by atoms with Crippen LogP contribution in [0.1, 0.15) is 19.4 Å². The first-order valence-corrected chi connectivity index (χ1v) is 5.73. The largest absolute Gasteiger partial charge is 0.319 e. The molecule has 0 aliphatic carbocycles. The molecule has 0 radical (unpaired) electrons. The molecule has 0 bridgehead atoms. The summed E-state index contributed by atoms with van der Waals surface area (Å²) in [5.41, 5.74) is 1.36. The van der Waals surface area contributed by atoms with Crippen molar-refractivity contribution >= 4 is 23.5 Å². The van der Waals surface area contributed by atoms with Crippen molar-refractivity contribution in [1.82, 2.24) is 0 Å². The minimum atomic E-state index is -0.554. The summed E-state index contributed by atoms with van der Waals surface area (Å²) in [4.78, 5) is 11.5.